The van der Waals surface area contributed by atoms with Gasteiger partial charge in [-0.05, 0) is 42.0 Å². The van der Waals surface area contributed by atoms with Gasteiger partial charge in [-0.2, -0.15) is 0 Å². The van der Waals surface area contributed by atoms with E-state index in [4.69, 9.17) is 0 Å². The van der Waals surface area contributed by atoms with Gasteiger partial charge in [0.05, 0.1) is 6.42 Å². The summed E-state index contributed by atoms with van der Waals surface area (Å²) in [5.41, 5.74) is 1.92. The van der Waals surface area contributed by atoms with E-state index in [0.717, 1.165) is 36.9 Å². The number of nitrogens with one attached hydrogen (secondary N) is 1. The number of anilines is 1. The van der Waals surface area contributed by atoms with E-state index >= 15 is 0 Å². The molecule has 2 aliphatic rings. The van der Waals surface area contributed by atoms with Gasteiger partial charge in [0, 0.05) is 11.7 Å². The lowest BCUT2D eigenvalue weighted by Crippen LogP contribution is -2.69. The molecule has 2 amide bonds. The van der Waals surface area contributed by atoms with Crippen molar-refractivity contribution in [3.05, 3.63) is 65.7 Å². The Morgan fingerprint density at radius 2 is 1.66 bits per heavy atom. The molecule has 0 bridgehead atoms. The van der Waals surface area contributed by atoms with Crippen LogP contribution in [0.4, 0.5) is 5.69 Å². The Balaban J connectivity index is 1.72. The molecule has 1 saturated heterocycles. The van der Waals surface area contributed by atoms with Gasteiger partial charge in [-0.3, -0.25) is 14.5 Å². The monoisotopic (exact) mass is 390 g/mol. The van der Waals surface area contributed by atoms with Gasteiger partial charge in [-0.25, -0.2) is 0 Å². The molecule has 0 radical (unpaired) electrons. The number of nitrogens with zero attached hydrogens (tertiary/aromatic N) is 1. The molecular formula is C25H30N2O2. The van der Waals surface area contributed by atoms with E-state index < -0.39 is 5.54 Å². The molecule has 0 spiro atoms. The predicted molar refractivity (Wildman–Crippen MR) is 116 cm³/mol. The van der Waals surface area contributed by atoms with Gasteiger partial charge in [0.25, 0.3) is 5.91 Å². The highest BCUT2D eigenvalue weighted by atomic mass is 16.2. The fraction of sp³-hybridized carbons (Fsp3) is 0.440. The normalized spacial score (nSPS) is 22.4. The summed E-state index contributed by atoms with van der Waals surface area (Å²) >= 11 is 0. The standard InChI is InChI=1S/C25H30N2O2/c1-18(2)19-13-15-20(16-14-19)25(24(29)26-21-9-5-3-6-10-21)17-23(28)27(25)22-11-7-4-8-12-22/h4,7-8,11-16,18,21H,3,5-6,9-10,17H2,1-2H3,(H,26,29)/t25-/m0/s1. The molecule has 2 aromatic rings. The maximum atomic E-state index is 13.7. The molecule has 1 N–H and O–H groups in total. The lowest BCUT2D eigenvalue weighted by atomic mass is 9.75. The second-order valence-corrected chi connectivity index (χ2v) is 8.69. The molecule has 0 unspecified atom stereocenters. The zero-order chi connectivity index (χ0) is 20.4. The van der Waals surface area contributed by atoms with Crippen LogP contribution in [0, 0.1) is 0 Å². The van der Waals surface area contributed by atoms with E-state index in [-0.39, 0.29) is 24.3 Å². The van der Waals surface area contributed by atoms with Gasteiger partial charge < -0.3 is 5.32 Å². The van der Waals surface area contributed by atoms with Crippen molar-refractivity contribution in [2.75, 3.05) is 4.90 Å². The van der Waals surface area contributed by atoms with Crippen LogP contribution in [-0.2, 0) is 15.1 Å². The summed E-state index contributed by atoms with van der Waals surface area (Å²) < 4.78 is 0. The number of amides is 2. The van der Waals surface area contributed by atoms with Gasteiger partial charge in [-0.1, -0.05) is 75.6 Å². The van der Waals surface area contributed by atoms with E-state index in [2.05, 4.69) is 31.3 Å². The van der Waals surface area contributed by atoms with Gasteiger partial charge in [0.1, 0.15) is 0 Å². The summed E-state index contributed by atoms with van der Waals surface area (Å²) in [4.78, 5) is 28.1. The summed E-state index contributed by atoms with van der Waals surface area (Å²) in [6.45, 7) is 4.31. The van der Waals surface area contributed by atoms with Crippen LogP contribution in [0.15, 0.2) is 54.6 Å². The van der Waals surface area contributed by atoms with Gasteiger partial charge >= 0.3 is 0 Å². The lowest BCUT2D eigenvalue weighted by molar-refractivity contribution is -0.141. The Hall–Kier alpha value is -2.62. The van der Waals surface area contributed by atoms with Crippen molar-refractivity contribution in [2.24, 2.45) is 0 Å². The zero-order valence-corrected chi connectivity index (χ0v) is 17.4. The van der Waals surface area contributed by atoms with E-state index in [1.165, 1.54) is 12.0 Å². The third kappa shape index (κ3) is 3.57. The first-order valence-electron chi connectivity index (χ1n) is 10.8. The number of rotatable bonds is 5. The molecule has 2 fully saturated rings. The van der Waals surface area contributed by atoms with Crippen LogP contribution in [0.2, 0.25) is 0 Å². The Labute approximate surface area is 173 Å². The predicted octanol–water partition coefficient (Wildman–Crippen LogP) is 4.89. The molecule has 1 atom stereocenters. The summed E-state index contributed by atoms with van der Waals surface area (Å²) in [7, 11) is 0. The second-order valence-electron chi connectivity index (χ2n) is 8.69. The third-order valence-electron chi connectivity index (χ3n) is 6.42. The number of hydrogen-bond acceptors (Lipinski definition) is 2. The third-order valence-corrected chi connectivity index (χ3v) is 6.42. The largest absolute Gasteiger partial charge is 0.351 e. The summed E-state index contributed by atoms with van der Waals surface area (Å²) in [6, 6.07) is 18.0. The fourth-order valence-electron chi connectivity index (χ4n) is 4.68. The van der Waals surface area contributed by atoms with Crippen LogP contribution in [0.5, 0.6) is 0 Å². The molecule has 152 valence electrons. The average Bonchev–Trinajstić information content (AvgIpc) is 2.73. The Morgan fingerprint density at radius 3 is 2.24 bits per heavy atom. The van der Waals surface area contributed by atoms with Crippen molar-refractivity contribution >= 4 is 17.5 Å². The first kappa shape index (κ1) is 19.7. The minimum absolute atomic E-state index is 0.0112. The number of β-lactam (4-membered cyclic amide) rings is 1. The highest BCUT2D eigenvalue weighted by Gasteiger charge is 2.58. The lowest BCUT2D eigenvalue weighted by Gasteiger charge is -2.51. The Kier molecular flexibility index (Phi) is 5.44. The quantitative estimate of drug-likeness (QED) is 0.739. The number of carbonyl (C=O) groups is 2. The highest BCUT2D eigenvalue weighted by molar-refractivity contribution is 6.13. The van der Waals surface area contributed by atoms with Gasteiger partial charge in [0.2, 0.25) is 5.91 Å². The second kappa shape index (κ2) is 8.02. The molecule has 1 aliphatic carbocycles. The topological polar surface area (TPSA) is 49.4 Å². The van der Waals surface area contributed by atoms with Crippen molar-refractivity contribution in [3.63, 3.8) is 0 Å². The van der Waals surface area contributed by atoms with Crippen LogP contribution in [0.3, 0.4) is 0 Å². The number of para-hydroxylation sites is 1. The smallest absolute Gasteiger partial charge is 0.251 e. The van der Waals surface area contributed by atoms with Crippen LogP contribution < -0.4 is 10.2 Å². The average molecular weight is 391 g/mol. The van der Waals surface area contributed by atoms with Crippen molar-refractivity contribution in [2.45, 2.75) is 69.9 Å². The first-order chi connectivity index (χ1) is 14.0. The van der Waals surface area contributed by atoms with Crippen LogP contribution in [-0.4, -0.2) is 17.9 Å². The Morgan fingerprint density at radius 1 is 1.00 bits per heavy atom. The maximum absolute atomic E-state index is 13.7. The highest BCUT2D eigenvalue weighted by Crippen LogP contribution is 2.45. The van der Waals surface area contributed by atoms with E-state index in [9.17, 15) is 9.59 Å². The molecule has 1 saturated carbocycles. The molecule has 1 aliphatic heterocycles. The minimum atomic E-state index is -0.967. The zero-order valence-electron chi connectivity index (χ0n) is 17.4. The summed E-state index contributed by atoms with van der Waals surface area (Å²) in [6.07, 6.45) is 5.80. The van der Waals surface area contributed by atoms with Gasteiger partial charge in [0.15, 0.2) is 5.54 Å². The fourth-order valence-corrected chi connectivity index (χ4v) is 4.68. The molecule has 2 aromatic carbocycles. The minimum Gasteiger partial charge on any atom is -0.351 e. The number of benzene rings is 2. The van der Waals surface area contributed by atoms with Crippen LogP contribution in [0.25, 0.3) is 0 Å². The van der Waals surface area contributed by atoms with Crippen molar-refractivity contribution < 1.29 is 9.59 Å². The van der Waals surface area contributed by atoms with Crippen molar-refractivity contribution in [1.29, 1.82) is 0 Å². The SMILES string of the molecule is CC(C)c1ccc([C@]2(C(=O)NC3CCCCC3)CC(=O)N2c2ccccc2)cc1. The molecule has 4 nitrogen and oxygen atoms in total. The van der Waals surface area contributed by atoms with E-state index in [0.29, 0.717) is 5.92 Å². The molecule has 1 heterocycles. The van der Waals surface area contributed by atoms with E-state index in [1.807, 2.05) is 42.5 Å². The van der Waals surface area contributed by atoms with Crippen LogP contribution in [0.1, 0.15) is 69.4 Å². The molecule has 0 aromatic heterocycles. The molecular weight excluding hydrogens is 360 g/mol. The number of carbonyl (C=O) groups excluding carboxylic acids is 2. The molecule has 29 heavy (non-hydrogen) atoms. The van der Waals surface area contributed by atoms with Crippen molar-refractivity contribution in [3.8, 4) is 0 Å². The van der Waals surface area contributed by atoms with Gasteiger partial charge in [-0.15, -0.1) is 0 Å². The van der Waals surface area contributed by atoms with Crippen LogP contribution >= 0.6 is 0 Å². The molecule has 4 heteroatoms. The van der Waals surface area contributed by atoms with Crippen molar-refractivity contribution in [1.82, 2.24) is 5.32 Å². The summed E-state index contributed by atoms with van der Waals surface area (Å²) in [5.74, 6) is 0.359. The maximum Gasteiger partial charge on any atom is 0.251 e. The first-order valence-corrected chi connectivity index (χ1v) is 10.8. The Bertz CT molecular complexity index is 869. The molecule has 4 rings (SSSR count). The number of hydrogen-bond donors (Lipinski definition) is 1. The van der Waals surface area contributed by atoms with E-state index in [1.54, 1.807) is 4.90 Å². The summed E-state index contributed by atoms with van der Waals surface area (Å²) in [5, 5.41) is 3.28.